The summed E-state index contributed by atoms with van der Waals surface area (Å²) >= 11 is 0. The molecule has 0 aromatic rings. The van der Waals surface area contributed by atoms with Crippen molar-refractivity contribution >= 4 is 23.7 Å². The van der Waals surface area contributed by atoms with Crippen molar-refractivity contribution in [3.05, 3.63) is 10.4 Å². The molecule has 1 saturated heterocycles. The van der Waals surface area contributed by atoms with Crippen LogP contribution in [0.25, 0.3) is 10.4 Å². The molecule has 0 aromatic carbocycles. The van der Waals surface area contributed by atoms with Gasteiger partial charge in [-0.15, -0.1) is 5.06 Å². The molecule has 102 valence electrons. The lowest BCUT2D eigenvalue weighted by Crippen LogP contribution is -2.33. The van der Waals surface area contributed by atoms with E-state index in [1.165, 1.54) is 0 Å². The molecule has 2 N–H and O–H groups in total. The van der Waals surface area contributed by atoms with Crippen molar-refractivity contribution in [1.82, 2.24) is 5.06 Å². The summed E-state index contributed by atoms with van der Waals surface area (Å²) in [6.07, 6.45) is -0.484. The van der Waals surface area contributed by atoms with Crippen molar-refractivity contribution in [2.24, 2.45) is 10.8 Å². The van der Waals surface area contributed by atoms with Gasteiger partial charge in [-0.1, -0.05) is 5.11 Å². The largest absolute Gasteiger partial charge is 0.369 e. The van der Waals surface area contributed by atoms with E-state index in [1.54, 1.807) is 0 Å². The molecule has 1 aliphatic rings. The Hall–Kier alpha value is -2.61. The van der Waals surface area contributed by atoms with Gasteiger partial charge in [-0.3, -0.25) is 14.4 Å². The minimum atomic E-state index is -1.18. The van der Waals surface area contributed by atoms with Crippen molar-refractivity contribution in [3.8, 4) is 0 Å². The summed E-state index contributed by atoms with van der Waals surface area (Å²) in [6.45, 7) is 0. The van der Waals surface area contributed by atoms with Gasteiger partial charge in [-0.25, -0.2) is 4.79 Å². The van der Waals surface area contributed by atoms with Crippen molar-refractivity contribution in [1.29, 1.82) is 0 Å². The number of primary amides is 1. The summed E-state index contributed by atoms with van der Waals surface area (Å²) < 4.78 is 0. The number of hydrogen-bond donors (Lipinski definition) is 1. The van der Waals surface area contributed by atoms with Crippen molar-refractivity contribution in [3.63, 3.8) is 0 Å². The average Bonchev–Trinajstić information content (AvgIpc) is 2.66. The van der Waals surface area contributed by atoms with Gasteiger partial charge in [0, 0.05) is 24.2 Å². The smallest absolute Gasteiger partial charge is 0.333 e. The molecule has 1 aliphatic heterocycles. The Morgan fingerprint density at radius 3 is 2.47 bits per heavy atom. The molecule has 3 amide bonds. The number of hydroxylamine groups is 2. The van der Waals surface area contributed by atoms with E-state index in [0.29, 0.717) is 5.06 Å². The molecular formula is C9H11N5O5. The van der Waals surface area contributed by atoms with Crippen LogP contribution in [-0.2, 0) is 24.0 Å². The number of carbonyl (C=O) groups excluding carboxylic acids is 4. The highest BCUT2D eigenvalue weighted by Crippen LogP contribution is 2.13. The maximum absolute atomic E-state index is 11.4. The summed E-state index contributed by atoms with van der Waals surface area (Å²) in [5, 5.41) is 3.51. The topological polar surface area (TPSA) is 156 Å². The lowest BCUT2D eigenvalue weighted by atomic mass is 10.1. The molecular weight excluding hydrogens is 258 g/mol. The van der Waals surface area contributed by atoms with E-state index in [1.807, 2.05) is 0 Å². The molecule has 0 radical (unpaired) electrons. The predicted molar refractivity (Wildman–Crippen MR) is 58.5 cm³/mol. The number of nitrogens with two attached hydrogens (primary N) is 1. The fourth-order valence-corrected chi connectivity index (χ4v) is 1.38. The SMILES string of the molecule is [N-]=[N+]=N[C@@H](CCC(=O)ON1C(=O)CCC1=O)C(N)=O. The first-order valence-corrected chi connectivity index (χ1v) is 5.35. The van der Waals surface area contributed by atoms with Crippen LogP contribution in [0.2, 0.25) is 0 Å². The summed E-state index contributed by atoms with van der Waals surface area (Å²) in [7, 11) is 0. The summed E-state index contributed by atoms with van der Waals surface area (Å²) in [4.78, 5) is 51.5. The monoisotopic (exact) mass is 269 g/mol. The highest BCUT2D eigenvalue weighted by molar-refractivity contribution is 6.01. The van der Waals surface area contributed by atoms with Crippen LogP contribution in [-0.4, -0.2) is 34.8 Å². The van der Waals surface area contributed by atoms with Crippen LogP contribution in [0.4, 0.5) is 0 Å². The number of azide groups is 1. The van der Waals surface area contributed by atoms with Crippen LogP contribution < -0.4 is 5.73 Å². The predicted octanol–water partition coefficient (Wildman–Crippen LogP) is -0.462. The first kappa shape index (κ1) is 14.5. The molecule has 1 heterocycles. The van der Waals surface area contributed by atoms with Gasteiger partial charge < -0.3 is 10.6 Å². The van der Waals surface area contributed by atoms with E-state index in [-0.39, 0.29) is 25.7 Å². The quantitative estimate of drug-likeness (QED) is 0.298. The van der Waals surface area contributed by atoms with E-state index in [2.05, 4.69) is 14.9 Å². The highest BCUT2D eigenvalue weighted by atomic mass is 16.7. The number of hydrogen-bond acceptors (Lipinski definition) is 6. The fourth-order valence-electron chi connectivity index (χ4n) is 1.38. The molecule has 10 nitrogen and oxygen atoms in total. The average molecular weight is 269 g/mol. The first-order valence-electron chi connectivity index (χ1n) is 5.35. The third-order valence-corrected chi connectivity index (χ3v) is 2.34. The van der Waals surface area contributed by atoms with Crippen LogP contribution in [0.15, 0.2) is 5.11 Å². The van der Waals surface area contributed by atoms with Crippen LogP contribution in [0.3, 0.4) is 0 Å². The van der Waals surface area contributed by atoms with E-state index >= 15 is 0 Å². The zero-order chi connectivity index (χ0) is 14.4. The molecule has 1 atom stereocenters. The molecule has 1 fully saturated rings. The van der Waals surface area contributed by atoms with Gasteiger partial charge in [-0.05, 0) is 12.0 Å². The number of carbonyl (C=O) groups is 4. The van der Waals surface area contributed by atoms with E-state index in [4.69, 9.17) is 11.3 Å². The minimum Gasteiger partial charge on any atom is -0.369 e. The Morgan fingerprint density at radius 2 is 2.00 bits per heavy atom. The standard InChI is InChI=1S/C9H11N5O5/c10-9(18)5(12-13-11)1-4-8(17)19-14-6(15)2-3-7(14)16/h5H,1-4H2,(H2,10,18)/t5-/m0/s1. The minimum absolute atomic E-state index is 0.00521. The number of imide groups is 1. The van der Waals surface area contributed by atoms with E-state index in [9.17, 15) is 19.2 Å². The van der Waals surface area contributed by atoms with Crippen LogP contribution in [0.5, 0.6) is 0 Å². The van der Waals surface area contributed by atoms with Gasteiger partial charge in [0.1, 0.15) is 6.04 Å². The second kappa shape index (κ2) is 6.36. The summed E-state index contributed by atoms with van der Waals surface area (Å²) in [5.74, 6) is -2.96. The van der Waals surface area contributed by atoms with Crippen LogP contribution in [0, 0.1) is 0 Å². The molecule has 0 aromatic heterocycles. The molecule has 10 heteroatoms. The molecule has 0 bridgehead atoms. The third kappa shape index (κ3) is 3.96. The molecule has 19 heavy (non-hydrogen) atoms. The Labute approximate surface area is 107 Å². The zero-order valence-electron chi connectivity index (χ0n) is 9.81. The van der Waals surface area contributed by atoms with Crippen LogP contribution in [0.1, 0.15) is 25.7 Å². The molecule has 0 unspecified atom stereocenters. The number of amides is 3. The third-order valence-electron chi connectivity index (χ3n) is 2.34. The highest BCUT2D eigenvalue weighted by Gasteiger charge is 2.32. The van der Waals surface area contributed by atoms with Crippen molar-refractivity contribution in [2.45, 2.75) is 31.7 Å². The first-order chi connectivity index (χ1) is 8.95. The normalized spacial score (nSPS) is 15.9. The summed E-state index contributed by atoms with van der Waals surface area (Å²) in [5.41, 5.74) is 13.1. The van der Waals surface area contributed by atoms with Crippen molar-refractivity contribution < 1.29 is 24.0 Å². The fraction of sp³-hybridized carbons (Fsp3) is 0.556. The molecule has 1 rings (SSSR count). The second-order valence-electron chi connectivity index (χ2n) is 3.71. The summed E-state index contributed by atoms with van der Waals surface area (Å²) in [6, 6.07) is -1.18. The van der Waals surface area contributed by atoms with Gasteiger partial charge in [0.2, 0.25) is 5.91 Å². The number of nitrogens with zero attached hydrogens (tertiary/aromatic N) is 4. The van der Waals surface area contributed by atoms with Crippen LogP contribution >= 0.6 is 0 Å². The van der Waals surface area contributed by atoms with Gasteiger partial charge in [0.05, 0.1) is 0 Å². The molecule has 0 saturated carbocycles. The van der Waals surface area contributed by atoms with Gasteiger partial charge in [0.25, 0.3) is 11.8 Å². The molecule has 0 spiro atoms. The maximum atomic E-state index is 11.4. The Balaban J connectivity index is 2.47. The van der Waals surface area contributed by atoms with E-state index < -0.39 is 29.7 Å². The maximum Gasteiger partial charge on any atom is 0.333 e. The van der Waals surface area contributed by atoms with Crippen molar-refractivity contribution in [2.75, 3.05) is 0 Å². The van der Waals surface area contributed by atoms with E-state index in [0.717, 1.165) is 0 Å². The zero-order valence-corrected chi connectivity index (χ0v) is 9.81. The number of rotatable bonds is 6. The van der Waals surface area contributed by atoms with Gasteiger partial charge in [0.15, 0.2) is 0 Å². The van der Waals surface area contributed by atoms with Gasteiger partial charge >= 0.3 is 5.97 Å². The lowest BCUT2D eigenvalue weighted by Gasteiger charge is -2.13. The Morgan fingerprint density at radius 1 is 1.42 bits per heavy atom. The lowest BCUT2D eigenvalue weighted by molar-refractivity contribution is -0.197. The Kier molecular flexibility index (Phi) is 4.84. The van der Waals surface area contributed by atoms with Gasteiger partial charge in [-0.2, -0.15) is 0 Å². The molecule has 0 aliphatic carbocycles. The second-order valence-corrected chi connectivity index (χ2v) is 3.71. The Bertz CT molecular complexity index is 452.